The van der Waals surface area contributed by atoms with Crippen LogP contribution in [0.3, 0.4) is 0 Å². The molecule has 0 saturated carbocycles. The quantitative estimate of drug-likeness (QED) is 0.434. The molecule has 0 saturated heterocycles. The number of hydrogen-bond acceptors (Lipinski definition) is 6. The summed E-state index contributed by atoms with van der Waals surface area (Å²) >= 11 is 0. The molecule has 2 N–H and O–H groups in total. The first-order valence-electron chi connectivity index (χ1n) is 9.04. The fourth-order valence-corrected chi connectivity index (χ4v) is 3.26. The Morgan fingerprint density at radius 2 is 2.10 bits per heavy atom. The second kappa shape index (κ2) is 7.12. The predicted molar refractivity (Wildman–Crippen MR) is 105 cm³/mol. The lowest BCUT2D eigenvalue weighted by Gasteiger charge is -2.00. The van der Waals surface area contributed by atoms with Crippen molar-refractivity contribution in [2.75, 3.05) is 0 Å². The zero-order valence-corrected chi connectivity index (χ0v) is 15.3. The van der Waals surface area contributed by atoms with Crippen molar-refractivity contribution in [3.05, 3.63) is 78.3 Å². The molecule has 0 bridgehead atoms. The van der Waals surface area contributed by atoms with Gasteiger partial charge in [-0.2, -0.15) is 25.5 Å². The molecule has 1 aromatic carbocycles. The summed E-state index contributed by atoms with van der Waals surface area (Å²) in [6, 6.07) is 9.54. The molecule has 0 radical (unpaired) electrons. The molecule has 0 aliphatic carbocycles. The van der Waals surface area contributed by atoms with E-state index < -0.39 is 0 Å². The van der Waals surface area contributed by atoms with Crippen molar-refractivity contribution >= 4 is 16.7 Å². The van der Waals surface area contributed by atoms with Crippen molar-refractivity contribution in [2.45, 2.75) is 13.0 Å². The average molecular weight is 384 g/mol. The van der Waals surface area contributed by atoms with E-state index in [9.17, 15) is 4.79 Å². The molecule has 142 valence electrons. The molecular formula is C20H16N8O. The number of aromatic amines is 2. The molecule has 9 nitrogen and oxygen atoms in total. The number of nitrogens with one attached hydrogen (secondary N) is 2. The topological polar surface area (TPSA) is 118 Å². The molecule has 9 heteroatoms. The smallest absolute Gasteiger partial charge is 0.188 e. The van der Waals surface area contributed by atoms with Gasteiger partial charge in [0.2, 0.25) is 0 Å². The Morgan fingerprint density at radius 3 is 2.93 bits per heavy atom. The highest BCUT2D eigenvalue weighted by molar-refractivity contribution is 6.07. The summed E-state index contributed by atoms with van der Waals surface area (Å²) in [4.78, 5) is 12.8. The van der Waals surface area contributed by atoms with Gasteiger partial charge in [-0.3, -0.25) is 19.7 Å². The Labute approximate surface area is 164 Å². The lowest BCUT2D eigenvalue weighted by Crippen LogP contribution is -2.05. The Bertz CT molecular complexity index is 1270. The number of nitrogens with zero attached hydrogens (tertiary/aromatic N) is 6. The van der Waals surface area contributed by atoms with Crippen LogP contribution in [0.15, 0.2) is 61.3 Å². The van der Waals surface area contributed by atoms with E-state index in [1.807, 2.05) is 42.7 Å². The zero-order chi connectivity index (χ0) is 19.6. The third-order valence-corrected chi connectivity index (χ3v) is 4.66. The molecular weight excluding hydrogens is 368 g/mol. The second-order valence-electron chi connectivity index (χ2n) is 6.68. The van der Waals surface area contributed by atoms with E-state index in [4.69, 9.17) is 0 Å². The number of benzene rings is 1. The maximum atomic E-state index is 12.8. The maximum Gasteiger partial charge on any atom is 0.188 e. The van der Waals surface area contributed by atoms with Crippen LogP contribution in [0.1, 0.15) is 21.7 Å². The summed E-state index contributed by atoms with van der Waals surface area (Å²) in [6.07, 6.45) is 8.97. The molecule has 0 unspecified atom stereocenters. The maximum absolute atomic E-state index is 12.8. The molecule has 4 aromatic heterocycles. The first kappa shape index (κ1) is 17.0. The van der Waals surface area contributed by atoms with Crippen molar-refractivity contribution < 1.29 is 4.79 Å². The number of carbonyl (C=O) groups is 1. The van der Waals surface area contributed by atoms with Gasteiger partial charge < -0.3 is 0 Å². The van der Waals surface area contributed by atoms with Gasteiger partial charge in [0.1, 0.15) is 5.69 Å². The van der Waals surface area contributed by atoms with Crippen molar-refractivity contribution in [1.29, 1.82) is 0 Å². The van der Waals surface area contributed by atoms with Gasteiger partial charge in [-0.25, -0.2) is 0 Å². The highest BCUT2D eigenvalue weighted by Crippen LogP contribution is 2.25. The van der Waals surface area contributed by atoms with Gasteiger partial charge in [-0.05, 0) is 35.4 Å². The summed E-state index contributed by atoms with van der Waals surface area (Å²) in [6.45, 7) is 0.504. The van der Waals surface area contributed by atoms with Crippen molar-refractivity contribution in [3.63, 3.8) is 0 Å². The Hall–Kier alpha value is -4.14. The highest BCUT2D eigenvalue weighted by atomic mass is 16.1. The molecule has 29 heavy (non-hydrogen) atoms. The van der Waals surface area contributed by atoms with Crippen LogP contribution < -0.4 is 0 Å². The zero-order valence-electron chi connectivity index (χ0n) is 15.3. The van der Waals surface area contributed by atoms with E-state index in [1.165, 1.54) is 0 Å². The lowest BCUT2D eigenvalue weighted by atomic mass is 10.0. The third kappa shape index (κ3) is 3.41. The van der Waals surface area contributed by atoms with E-state index in [0.29, 0.717) is 12.2 Å². The Kier molecular flexibility index (Phi) is 4.17. The summed E-state index contributed by atoms with van der Waals surface area (Å²) < 4.78 is 1.74. The van der Waals surface area contributed by atoms with Gasteiger partial charge in [0.25, 0.3) is 0 Å². The standard InChI is InChI=1S/C20H16N8O/c29-19(6-13-8-24-28(11-13)12-16-2-1-5-21-25-16)20-17-4-3-14(7-18(17)26-27-20)15-9-22-23-10-15/h1-5,7-11H,6,12H2,(H,22,23)(H,26,27). The van der Waals surface area contributed by atoms with Crippen LogP contribution in [0.5, 0.6) is 0 Å². The number of hydrogen-bond donors (Lipinski definition) is 2. The minimum absolute atomic E-state index is 0.0636. The Morgan fingerprint density at radius 1 is 1.14 bits per heavy atom. The summed E-state index contributed by atoms with van der Waals surface area (Å²) in [5.41, 5.74) is 4.85. The van der Waals surface area contributed by atoms with E-state index >= 15 is 0 Å². The first-order chi connectivity index (χ1) is 14.3. The summed E-state index contributed by atoms with van der Waals surface area (Å²) in [5, 5.41) is 27.0. The number of carbonyl (C=O) groups excluding carboxylic acids is 1. The number of fused-ring (bicyclic) bond motifs is 1. The molecule has 4 heterocycles. The number of H-pyrrole nitrogens is 2. The van der Waals surface area contributed by atoms with Crippen LogP contribution >= 0.6 is 0 Å². The highest BCUT2D eigenvalue weighted by Gasteiger charge is 2.16. The van der Waals surface area contributed by atoms with E-state index in [2.05, 4.69) is 35.7 Å². The van der Waals surface area contributed by atoms with Crippen LogP contribution in [-0.4, -0.2) is 46.2 Å². The van der Waals surface area contributed by atoms with Gasteiger partial charge in [0.05, 0.1) is 30.1 Å². The van der Waals surface area contributed by atoms with Gasteiger partial charge in [0, 0.05) is 36.0 Å². The largest absolute Gasteiger partial charge is 0.292 e. The van der Waals surface area contributed by atoms with Crippen molar-refractivity contribution in [2.24, 2.45) is 0 Å². The number of rotatable bonds is 6. The molecule has 0 aliphatic rings. The Balaban J connectivity index is 1.34. The van der Waals surface area contributed by atoms with E-state index in [0.717, 1.165) is 33.3 Å². The van der Waals surface area contributed by atoms with Gasteiger partial charge in [-0.15, -0.1) is 0 Å². The van der Waals surface area contributed by atoms with Crippen LogP contribution in [0, 0.1) is 0 Å². The van der Waals surface area contributed by atoms with Crippen LogP contribution in [-0.2, 0) is 13.0 Å². The molecule has 0 amide bonds. The normalized spacial score (nSPS) is 11.2. The molecule has 5 rings (SSSR count). The van der Waals surface area contributed by atoms with Crippen molar-refractivity contribution in [1.82, 2.24) is 40.4 Å². The predicted octanol–water partition coefficient (Wildman–Crippen LogP) is 2.41. The second-order valence-corrected chi connectivity index (χ2v) is 6.68. The SMILES string of the molecule is O=C(Cc1cnn(Cc2cccnn2)c1)c1n[nH]c2cc(-c3cn[nH]c3)ccc12. The van der Waals surface area contributed by atoms with Crippen molar-refractivity contribution in [3.8, 4) is 11.1 Å². The molecule has 5 aromatic rings. The average Bonchev–Trinajstić information content (AvgIpc) is 3.49. The minimum Gasteiger partial charge on any atom is -0.292 e. The first-order valence-corrected chi connectivity index (χ1v) is 9.04. The van der Waals surface area contributed by atoms with Gasteiger partial charge >= 0.3 is 0 Å². The molecule has 0 fully saturated rings. The minimum atomic E-state index is -0.0636. The monoisotopic (exact) mass is 384 g/mol. The van der Waals surface area contributed by atoms with Gasteiger partial charge in [-0.1, -0.05) is 6.07 Å². The number of ketones is 1. The van der Waals surface area contributed by atoms with Crippen LogP contribution in [0.25, 0.3) is 22.0 Å². The van der Waals surface area contributed by atoms with E-state index in [-0.39, 0.29) is 12.2 Å². The summed E-state index contributed by atoms with van der Waals surface area (Å²) in [5.74, 6) is -0.0636. The summed E-state index contributed by atoms with van der Waals surface area (Å²) in [7, 11) is 0. The third-order valence-electron chi connectivity index (χ3n) is 4.66. The molecule has 0 spiro atoms. The fraction of sp³-hybridized carbons (Fsp3) is 0.100. The number of aromatic nitrogens is 8. The fourth-order valence-electron chi connectivity index (χ4n) is 3.26. The van der Waals surface area contributed by atoms with Gasteiger partial charge in [0.15, 0.2) is 5.78 Å². The van der Waals surface area contributed by atoms with Crippen LogP contribution in [0.2, 0.25) is 0 Å². The van der Waals surface area contributed by atoms with E-state index in [1.54, 1.807) is 23.3 Å². The molecule has 0 aliphatic heterocycles. The lowest BCUT2D eigenvalue weighted by molar-refractivity contribution is 0.0989. The molecule has 0 atom stereocenters. The number of Topliss-reactive ketones (excluding diaryl/α,β-unsaturated/α-hetero) is 1. The van der Waals surface area contributed by atoms with Crippen LogP contribution in [0.4, 0.5) is 0 Å².